The van der Waals surface area contributed by atoms with Crippen LogP contribution in [-0.2, 0) is 47.9 Å². The number of carboxylic acids is 2. The third-order valence-corrected chi connectivity index (χ3v) is 8.46. The Morgan fingerprint density at radius 3 is 1.15 bits per heavy atom. The van der Waals surface area contributed by atoms with Gasteiger partial charge in [0.2, 0.25) is 47.3 Å². The van der Waals surface area contributed by atoms with Gasteiger partial charge >= 0.3 is 11.9 Å². The Morgan fingerprint density at radius 2 is 0.803 bits per heavy atom. The van der Waals surface area contributed by atoms with Gasteiger partial charge in [0.05, 0.1) is 0 Å². The summed E-state index contributed by atoms with van der Waals surface area (Å²) < 4.78 is 0. The van der Waals surface area contributed by atoms with E-state index in [1.165, 1.54) is 6.92 Å². The van der Waals surface area contributed by atoms with Gasteiger partial charge in [0.25, 0.3) is 0 Å². The summed E-state index contributed by atoms with van der Waals surface area (Å²) in [7, 11) is 0. The Bertz CT molecular complexity index is 1610. The molecule has 344 valence electrons. The number of hydrogen-bond donors (Lipinski definition) is 14. The first-order valence-corrected chi connectivity index (χ1v) is 19.3. The molecule has 0 heterocycles. The fraction of sp³-hybridized carbons (Fsp3) is 0.657. The van der Waals surface area contributed by atoms with Crippen molar-refractivity contribution in [2.24, 2.45) is 50.3 Å². The molecular weight excluding hydrogens is 808 g/mol. The molecular formula is C35H62N14O12. The number of carbonyl (C=O) groups is 10. The average Bonchev–Trinajstić information content (AvgIpc) is 3.14. The van der Waals surface area contributed by atoms with Gasteiger partial charge in [-0.1, -0.05) is 13.8 Å². The lowest BCUT2D eigenvalue weighted by atomic mass is 10.0. The lowest BCUT2D eigenvalue weighted by molar-refractivity contribution is -0.139. The van der Waals surface area contributed by atoms with Crippen LogP contribution in [0.5, 0.6) is 0 Å². The van der Waals surface area contributed by atoms with Gasteiger partial charge < -0.3 is 76.5 Å². The molecule has 0 fully saturated rings. The molecule has 0 rings (SSSR count). The van der Waals surface area contributed by atoms with Crippen molar-refractivity contribution in [1.29, 1.82) is 0 Å². The zero-order chi connectivity index (χ0) is 46.8. The number of amides is 8. The molecule has 0 radical (unpaired) electrons. The molecule has 0 unspecified atom stereocenters. The van der Waals surface area contributed by atoms with Crippen LogP contribution < -0.4 is 66.3 Å². The minimum absolute atomic E-state index is 0.0320. The molecule has 6 atom stereocenters. The van der Waals surface area contributed by atoms with Gasteiger partial charge in [-0.25, -0.2) is 0 Å². The number of hydrogen-bond acceptors (Lipinski definition) is 12. The number of nitrogens with two attached hydrogens (primary N) is 6. The molecule has 0 aromatic carbocycles. The average molecular weight is 871 g/mol. The molecule has 0 aromatic rings. The first-order valence-electron chi connectivity index (χ1n) is 19.3. The molecule has 8 amide bonds. The van der Waals surface area contributed by atoms with Gasteiger partial charge in [-0.05, 0) is 57.3 Å². The van der Waals surface area contributed by atoms with Crippen LogP contribution >= 0.6 is 0 Å². The number of nitrogens with zero attached hydrogens (tertiary/aromatic N) is 2. The molecule has 20 N–H and O–H groups in total. The minimum atomic E-state index is -1.61. The summed E-state index contributed by atoms with van der Waals surface area (Å²) in [6.07, 6.45) is -2.61. The summed E-state index contributed by atoms with van der Waals surface area (Å²) in [5, 5.41) is 32.9. The summed E-state index contributed by atoms with van der Waals surface area (Å²) in [4.78, 5) is 134. The molecule has 0 aromatic heterocycles. The van der Waals surface area contributed by atoms with E-state index in [-0.39, 0.29) is 69.5 Å². The maximum atomic E-state index is 13.9. The summed E-state index contributed by atoms with van der Waals surface area (Å²) in [6, 6.07) is -8.60. The summed E-state index contributed by atoms with van der Waals surface area (Å²) in [5.74, 6) is -10.6. The molecule has 0 spiro atoms. The third kappa shape index (κ3) is 25.4. The second kappa shape index (κ2) is 28.6. The summed E-state index contributed by atoms with van der Waals surface area (Å²) >= 11 is 0. The summed E-state index contributed by atoms with van der Waals surface area (Å²) in [5.41, 5.74) is 32.2. The standard InChI is InChI=1S/C35H62N14O12/c1-17(2)16-24(33(61)48-23(10-13-27(54)55)31(59)45-19(28(37)56)9-12-26(52)53)49-32(60)22(8-11-25(36)51)47-30(58)21(7-5-15-43-35(40)41)46-29(57)20(44-18(3)50)6-4-14-42-34(38)39/h17,19-24H,4-16H2,1-3H3,(H2,36,51)(H2,37,56)(H,44,50)(H,45,59)(H,46,57)(H,47,58)(H,48,61)(H,49,60)(H,52,53)(H,54,55)(H4,38,39,42)(H4,40,41,43)/t19-,20-,21-,22-,23-,24+/m0/s1. The van der Waals surface area contributed by atoms with E-state index in [0.29, 0.717) is 0 Å². The van der Waals surface area contributed by atoms with Crippen molar-refractivity contribution in [2.75, 3.05) is 13.1 Å². The molecule has 61 heavy (non-hydrogen) atoms. The topological polar surface area (TPSA) is 464 Å². The zero-order valence-corrected chi connectivity index (χ0v) is 34.6. The second-order valence-corrected chi connectivity index (χ2v) is 14.4. The van der Waals surface area contributed by atoms with E-state index in [9.17, 15) is 53.1 Å². The van der Waals surface area contributed by atoms with Crippen LogP contribution in [0.2, 0.25) is 0 Å². The van der Waals surface area contributed by atoms with Crippen LogP contribution in [0.15, 0.2) is 9.98 Å². The van der Waals surface area contributed by atoms with Crippen molar-refractivity contribution in [1.82, 2.24) is 31.9 Å². The molecule has 0 aliphatic rings. The smallest absolute Gasteiger partial charge is 0.303 e. The Morgan fingerprint density at radius 1 is 0.475 bits per heavy atom. The van der Waals surface area contributed by atoms with E-state index in [0.717, 1.165) is 0 Å². The van der Waals surface area contributed by atoms with Crippen molar-refractivity contribution in [3.63, 3.8) is 0 Å². The van der Waals surface area contributed by atoms with Crippen molar-refractivity contribution in [2.45, 2.75) is 128 Å². The monoisotopic (exact) mass is 870 g/mol. The minimum Gasteiger partial charge on any atom is -0.481 e. The second-order valence-electron chi connectivity index (χ2n) is 14.4. The normalized spacial score (nSPS) is 13.6. The van der Waals surface area contributed by atoms with Crippen LogP contribution in [-0.4, -0.2) is 131 Å². The predicted molar refractivity (Wildman–Crippen MR) is 218 cm³/mol. The van der Waals surface area contributed by atoms with E-state index < -0.39 is 128 Å². The molecule has 0 saturated carbocycles. The molecule has 0 saturated heterocycles. The predicted octanol–water partition coefficient (Wildman–Crippen LogP) is -5.45. The lowest BCUT2D eigenvalue weighted by Crippen LogP contribution is -2.60. The Hall–Kier alpha value is -6.76. The Labute approximate surface area is 351 Å². The molecule has 0 bridgehead atoms. The highest BCUT2D eigenvalue weighted by atomic mass is 16.4. The van der Waals surface area contributed by atoms with Crippen LogP contribution in [0.25, 0.3) is 0 Å². The molecule has 0 aliphatic carbocycles. The number of guanidine groups is 2. The van der Waals surface area contributed by atoms with Crippen LogP contribution in [0.3, 0.4) is 0 Å². The van der Waals surface area contributed by atoms with Crippen LogP contribution in [0.4, 0.5) is 0 Å². The van der Waals surface area contributed by atoms with Crippen molar-refractivity contribution in [3.05, 3.63) is 0 Å². The van der Waals surface area contributed by atoms with Gasteiger partial charge in [-0.3, -0.25) is 57.9 Å². The van der Waals surface area contributed by atoms with Gasteiger partial charge in [-0.15, -0.1) is 0 Å². The molecule has 26 heteroatoms. The fourth-order valence-electron chi connectivity index (χ4n) is 5.50. The Balaban J connectivity index is 6.57. The van der Waals surface area contributed by atoms with E-state index in [1.807, 2.05) is 0 Å². The van der Waals surface area contributed by atoms with Crippen molar-refractivity contribution in [3.8, 4) is 0 Å². The summed E-state index contributed by atoms with van der Waals surface area (Å²) in [6.45, 7) is 4.72. The number of carboxylic acid groups (broad SMARTS) is 2. The number of aliphatic imine (C=N–C) groups is 2. The largest absolute Gasteiger partial charge is 0.481 e. The first kappa shape index (κ1) is 54.2. The van der Waals surface area contributed by atoms with Gasteiger partial charge in [0.15, 0.2) is 11.9 Å². The van der Waals surface area contributed by atoms with Crippen LogP contribution in [0.1, 0.15) is 91.4 Å². The van der Waals surface area contributed by atoms with E-state index in [1.54, 1.807) is 13.8 Å². The number of primary amides is 2. The highest BCUT2D eigenvalue weighted by Crippen LogP contribution is 2.11. The number of carbonyl (C=O) groups excluding carboxylic acids is 8. The first-order chi connectivity index (χ1) is 28.4. The fourth-order valence-corrected chi connectivity index (χ4v) is 5.50. The van der Waals surface area contributed by atoms with E-state index in [4.69, 9.17) is 39.5 Å². The lowest BCUT2D eigenvalue weighted by Gasteiger charge is -2.28. The highest BCUT2D eigenvalue weighted by molar-refractivity contribution is 5.97. The quantitative estimate of drug-likeness (QED) is 0.0176. The van der Waals surface area contributed by atoms with Gasteiger partial charge in [0, 0.05) is 39.3 Å². The molecule has 0 aliphatic heterocycles. The Kier molecular flexibility index (Phi) is 25.5. The van der Waals surface area contributed by atoms with Crippen molar-refractivity contribution < 1.29 is 58.2 Å². The van der Waals surface area contributed by atoms with Gasteiger partial charge in [-0.2, -0.15) is 0 Å². The number of nitrogens with one attached hydrogen (secondary N) is 6. The number of rotatable bonds is 31. The zero-order valence-electron chi connectivity index (χ0n) is 34.6. The van der Waals surface area contributed by atoms with E-state index in [2.05, 4.69) is 41.9 Å². The third-order valence-electron chi connectivity index (χ3n) is 8.46. The number of aliphatic carboxylic acids is 2. The maximum Gasteiger partial charge on any atom is 0.303 e. The van der Waals surface area contributed by atoms with E-state index >= 15 is 0 Å². The maximum absolute atomic E-state index is 13.9. The van der Waals surface area contributed by atoms with Gasteiger partial charge in [0.1, 0.15) is 36.3 Å². The van der Waals surface area contributed by atoms with Crippen LogP contribution in [0, 0.1) is 5.92 Å². The van der Waals surface area contributed by atoms with Crippen molar-refractivity contribution >= 4 is 71.1 Å². The molecule has 26 nitrogen and oxygen atoms in total. The highest BCUT2D eigenvalue weighted by Gasteiger charge is 2.34. The SMILES string of the molecule is CC(=O)N[C@@H](CCCN=C(N)N)C(=O)N[C@@H](CCCN=C(N)N)C(=O)N[C@@H](CCC(N)=O)C(=O)N[C@H](CC(C)C)C(=O)N[C@@H](CCC(=O)O)C(=O)N[C@@H](CCC(=O)O)C(N)=O.